The fourth-order valence-electron chi connectivity index (χ4n) is 2.00. The second-order valence-corrected chi connectivity index (χ2v) is 4.92. The van der Waals surface area contributed by atoms with Crippen LogP contribution in [-0.2, 0) is 13.0 Å². The number of ether oxygens (including phenoxy) is 1. The van der Waals surface area contributed by atoms with Crippen LogP contribution in [0.3, 0.4) is 0 Å². The Morgan fingerprint density at radius 1 is 1.15 bits per heavy atom. The van der Waals surface area contributed by atoms with Crippen LogP contribution in [0.1, 0.15) is 25.0 Å². The lowest BCUT2D eigenvalue weighted by atomic mass is 10.2. The minimum absolute atomic E-state index is 0.138. The van der Waals surface area contributed by atoms with E-state index in [0.29, 0.717) is 0 Å². The zero-order valence-corrected chi connectivity index (χ0v) is 12.2. The Kier molecular flexibility index (Phi) is 5.56. The number of pyridine rings is 1. The number of hydrogen-bond acceptors (Lipinski definition) is 3. The third-order valence-electron chi connectivity index (χ3n) is 3.15. The van der Waals surface area contributed by atoms with Crippen LogP contribution in [-0.4, -0.2) is 17.6 Å². The van der Waals surface area contributed by atoms with E-state index in [2.05, 4.69) is 42.3 Å². The van der Waals surface area contributed by atoms with Crippen LogP contribution < -0.4 is 10.1 Å². The van der Waals surface area contributed by atoms with Gasteiger partial charge >= 0.3 is 0 Å². The van der Waals surface area contributed by atoms with Crippen LogP contribution in [0, 0.1) is 0 Å². The number of nitrogens with zero attached hydrogens (tertiary/aromatic N) is 1. The van der Waals surface area contributed by atoms with Crippen molar-refractivity contribution in [2.45, 2.75) is 32.9 Å². The predicted octanol–water partition coefficient (Wildman–Crippen LogP) is 3.20. The van der Waals surface area contributed by atoms with Crippen LogP contribution >= 0.6 is 0 Å². The Balaban J connectivity index is 1.73. The van der Waals surface area contributed by atoms with Gasteiger partial charge in [0.05, 0.1) is 0 Å². The van der Waals surface area contributed by atoms with E-state index < -0.39 is 0 Å². The Morgan fingerprint density at radius 3 is 2.60 bits per heavy atom. The fraction of sp³-hybridized carbons (Fsp3) is 0.353. The van der Waals surface area contributed by atoms with Crippen molar-refractivity contribution in [3.05, 3.63) is 59.9 Å². The van der Waals surface area contributed by atoms with Crippen molar-refractivity contribution < 1.29 is 4.74 Å². The average molecular weight is 270 g/mol. The van der Waals surface area contributed by atoms with Crippen molar-refractivity contribution in [3.63, 3.8) is 0 Å². The summed E-state index contributed by atoms with van der Waals surface area (Å²) in [4.78, 5) is 4.10. The van der Waals surface area contributed by atoms with E-state index in [4.69, 9.17) is 4.74 Å². The summed E-state index contributed by atoms with van der Waals surface area (Å²) < 4.78 is 5.87. The van der Waals surface area contributed by atoms with E-state index in [0.717, 1.165) is 25.3 Å². The second kappa shape index (κ2) is 7.65. The standard InChI is InChI=1S/C17H22N2O/c1-3-15-6-8-17(9-7-15)20-14(2)11-19-13-16-5-4-10-18-12-16/h4-10,12,14,19H,3,11,13H2,1-2H3. The molecule has 0 spiro atoms. The zero-order valence-electron chi connectivity index (χ0n) is 12.2. The molecule has 0 fully saturated rings. The molecule has 1 unspecified atom stereocenters. The molecule has 0 aliphatic carbocycles. The normalized spacial score (nSPS) is 12.1. The molecule has 3 nitrogen and oxygen atoms in total. The number of nitrogens with one attached hydrogen (secondary N) is 1. The first-order valence-electron chi connectivity index (χ1n) is 7.13. The highest BCUT2D eigenvalue weighted by molar-refractivity contribution is 5.27. The summed E-state index contributed by atoms with van der Waals surface area (Å²) >= 11 is 0. The lowest BCUT2D eigenvalue weighted by Gasteiger charge is -2.15. The molecule has 0 aliphatic rings. The molecule has 1 heterocycles. The molecule has 106 valence electrons. The lowest BCUT2D eigenvalue weighted by molar-refractivity contribution is 0.217. The van der Waals surface area contributed by atoms with Crippen LogP contribution in [0.4, 0.5) is 0 Å². The van der Waals surface area contributed by atoms with Crippen molar-refractivity contribution in [1.82, 2.24) is 10.3 Å². The number of aromatic nitrogens is 1. The molecule has 3 heteroatoms. The molecule has 0 saturated carbocycles. The van der Waals surface area contributed by atoms with Gasteiger partial charge in [0.1, 0.15) is 11.9 Å². The maximum Gasteiger partial charge on any atom is 0.119 e. The van der Waals surface area contributed by atoms with Gasteiger partial charge in [-0.3, -0.25) is 4.98 Å². The van der Waals surface area contributed by atoms with Gasteiger partial charge in [-0.2, -0.15) is 0 Å². The molecular weight excluding hydrogens is 248 g/mol. The zero-order chi connectivity index (χ0) is 14.2. The minimum atomic E-state index is 0.138. The van der Waals surface area contributed by atoms with Crippen LogP contribution in [0.5, 0.6) is 5.75 Å². The Bertz CT molecular complexity index is 496. The van der Waals surface area contributed by atoms with Gasteiger partial charge in [0.2, 0.25) is 0 Å². The third-order valence-corrected chi connectivity index (χ3v) is 3.15. The van der Waals surface area contributed by atoms with Crippen molar-refractivity contribution in [2.24, 2.45) is 0 Å². The summed E-state index contributed by atoms with van der Waals surface area (Å²) in [5, 5.41) is 3.38. The van der Waals surface area contributed by atoms with Gasteiger partial charge in [-0.1, -0.05) is 25.1 Å². The highest BCUT2D eigenvalue weighted by Crippen LogP contribution is 2.14. The van der Waals surface area contributed by atoms with Gasteiger partial charge < -0.3 is 10.1 Å². The van der Waals surface area contributed by atoms with E-state index in [1.165, 1.54) is 11.1 Å². The molecule has 2 aromatic rings. The first-order valence-corrected chi connectivity index (χ1v) is 7.13. The lowest BCUT2D eigenvalue weighted by Crippen LogP contribution is -2.28. The topological polar surface area (TPSA) is 34.1 Å². The minimum Gasteiger partial charge on any atom is -0.489 e. The molecular formula is C17H22N2O. The van der Waals surface area contributed by atoms with Crippen LogP contribution in [0.2, 0.25) is 0 Å². The molecule has 0 aliphatic heterocycles. The second-order valence-electron chi connectivity index (χ2n) is 4.92. The Hall–Kier alpha value is -1.87. The smallest absolute Gasteiger partial charge is 0.119 e. The molecule has 0 saturated heterocycles. The fourth-order valence-corrected chi connectivity index (χ4v) is 2.00. The first-order chi connectivity index (χ1) is 9.78. The first kappa shape index (κ1) is 14.5. The molecule has 2 rings (SSSR count). The van der Waals surface area contributed by atoms with E-state index >= 15 is 0 Å². The van der Waals surface area contributed by atoms with E-state index in [9.17, 15) is 0 Å². The molecule has 0 amide bonds. The van der Waals surface area contributed by atoms with Gasteiger partial charge in [-0.25, -0.2) is 0 Å². The maximum absolute atomic E-state index is 5.87. The van der Waals surface area contributed by atoms with Crippen molar-refractivity contribution in [1.29, 1.82) is 0 Å². The van der Waals surface area contributed by atoms with Crippen LogP contribution in [0.15, 0.2) is 48.8 Å². The summed E-state index contributed by atoms with van der Waals surface area (Å²) in [5.74, 6) is 0.929. The van der Waals surface area contributed by atoms with Gasteiger partial charge in [0.15, 0.2) is 0 Å². The third kappa shape index (κ3) is 4.67. The highest BCUT2D eigenvalue weighted by Gasteiger charge is 2.03. The Labute approximate surface area is 121 Å². The summed E-state index contributed by atoms with van der Waals surface area (Å²) in [6, 6.07) is 12.3. The molecule has 20 heavy (non-hydrogen) atoms. The molecule has 0 bridgehead atoms. The largest absolute Gasteiger partial charge is 0.489 e. The SMILES string of the molecule is CCc1ccc(OC(C)CNCc2cccnc2)cc1. The van der Waals surface area contributed by atoms with E-state index in [1.54, 1.807) is 6.20 Å². The monoisotopic (exact) mass is 270 g/mol. The van der Waals surface area contributed by atoms with E-state index in [-0.39, 0.29) is 6.10 Å². The van der Waals surface area contributed by atoms with Crippen molar-refractivity contribution in [2.75, 3.05) is 6.54 Å². The Morgan fingerprint density at radius 2 is 1.95 bits per heavy atom. The highest BCUT2D eigenvalue weighted by atomic mass is 16.5. The molecule has 0 radical (unpaired) electrons. The van der Waals surface area contributed by atoms with Gasteiger partial charge in [-0.15, -0.1) is 0 Å². The van der Waals surface area contributed by atoms with E-state index in [1.807, 2.05) is 24.4 Å². The maximum atomic E-state index is 5.87. The van der Waals surface area contributed by atoms with Gasteiger partial charge in [-0.05, 0) is 42.7 Å². The summed E-state index contributed by atoms with van der Waals surface area (Å²) in [7, 11) is 0. The summed E-state index contributed by atoms with van der Waals surface area (Å²) in [6.45, 7) is 5.85. The number of rotatable bonds is 7. The molecule has 1 atom stereocenters. The van der Waals surface area contributed by atoms with Crippen molar-refractivity contribution in [3.8, 4) is 5.75 Å². The average Bonchev–Trinajstić information content (AvgIpc) is 2.49. The molecule has 1 N–H and O–H groups in total. The van der Waals surface area contributed by atoms with Crippen LogP contribution in [0.25, 0.3) is 0 Å². The number of aryl methyl sites for hydroxylation is 1. The molecule has 1 aromatic carbocycles. The number of benzene rings is 1. The predicted molar refractivity (Wildman–Crippen MR) is 81.9 cm³/mol. The van der Waals surface area contributed by atoms with Crippen molar-refractivity contribution >= 4 is 0 Å². The molecule has 1 aromatic heterocycles. The summed E-state index contributed by atoms with van der Waals surface area (Å²) in [6.07, 6.45) is 4.86. The quantitative estimate of drug-likeness (QED) is 0.839. The summed E-state index contributed by atoms with van der Waals surface area (Å²) in [5.41, 5.74) is 2.52. The van der Waals surface area contributed by atoms with Gasteiger partial charge in [0.25, 0.3) is 0 Å². The van der Waals surface area contributed by atoms with Gasteiger partial charge in [0, 0.05) is 25.5 Å². The number of hydrogen-bond donors (Lipinski definition) is 1.